The number of nitrogens with two attached hydrogens (primary N) is 1. The van der Waals surface area contributed by atoms with Crippen molar-refractivity contribution < 1.29 is 8.42 Å². The predicted octanol–water partition coefficient (Wildman–Crippen LogP) is 2.37. The lowest BCUT2D eigenvalue weighted by Gasteiger charge is -2.13. The summed E-state index contributed by atoms with van der Waals surface area (Å²) in [4.78, 5) is 2.07. The number of nitrogens with one attached hydrogen (secondary N) is 1. The van der Waals surface area contributed by atoms with E-state index in [0.29, 0.717) is 11.4 Å². The number of rotatable bonds is 7. The predicted molar refractivity (Wildman–Crippen MR) is 76.3 cm³/mol. The standard InChI is InChI=1S/C12H22N2O2S2/c1-4-5-6-9(2)14-18(15,16)12-7-11(8-13)17-10(12)3/h7,9,14H,4-6,8,13H2,1-3H3. The van der Waals surface area contributed by atoms with Crippen molar-refractivity contribution in [3.63, 3.8) is 0 Å². The fourth-order valence-electron chi connectivity index (χ4n) is 1.79. The highest BCUT2D eigenvalue weighted by Crippen LogP contribution is 2.25. The van der Waals surface area contributed by atoms with Crippen LogP contribution < -0.4 is 10.5 Å². The van der Waals surface area contributed by atoms with Crippen molar-refractivity contribution in [2.75, 3.05) is 0 Å². The molecule has 4 nitrogen and oxygen atoms in total. The second-order valence-corrected chi connectivity index (χ2v) is 7.53. The zero-order chi connectivity index (χ0) is 13.8. The Balaban J connectivity index is 2.82. The van der Waals surface area contributed by atoms with E-state index in [2.05, 4.69) is 11.6 Å². The monoisotopic (exact) mass is 290 g/mol. The molecule has 0 saturated carbocycles. The molecule has 0 aliphatic carbocycles. The van der Waals surface area contributed by atoms with Crippen LogP contribution in [0.5, 0.6) is 0 Å². The van der Waals surface area contributed by atoms with Crippen LogP contribution in [0.1, 0.15) is 42.9 Å². The van der Waals surface area contributed by atoms with Gasteiger partial charge < -0.3 is 5.73 Å². The lowest BCUT2D eigenvalue weighted by molar-refractivity contribution is 0.534. The summed E-state index contributed by atoms with van der Waals surface area (Å²) in [6.07, 6.45) is 2.96. The summed E-state index contributed by atoms with van der Waals surface area (Å²) in [6.45, 7) is 6.19. The highest BCUT2D eigenvalue weighted by Gasteiger charge is 2.21. The molecule has 0 aliphatic rings. The van der Waals surface area contributed by atoms with Crippen molar-refractivity contribution in [2.45, 2.75) is 57.5 Å². The Morgan fingerprint density at radius 2 is 2.17 bits per heavy atom. The largest absolute Gasteiger partial charge is 0.326 e. The Kier molecular flexibility index (Phi) is 5.78. The Bertz CT molecular complexity index is 480. The number of thiophene rings is 1. The van der Waals surface area contributed by atoms with E-state index in [9.17, 15) is 8.42 Å². The molecule has 0 aromatic carbocycles. The molecule has 1 rings (SSSR count). The van der Waals surface area contributed by atoms with E-state index in [1.807, 2.05) is 13.8 Å². The van der Waals surface area contributed by atoms with Gasteiger partial charge in [0.15, 0.2) is 0 Å². The molecule has 0 radical (unpaired) electrons. The van der Waals surface area contributed by atoms with Crippen LogP contribution in [0.2, 0.25) is 0 Å². The zero-order valence-corrected chi connectivity index (χ0v) is 12.8. The average Bonchev–Trinajstić information content (AvgIpc) is 2.68. The van der Waals surface area contributed by atoms with E-state index < -0.39 is 10.0 Å². The topological polar surface area (TPSA) is 72.2 Å². The minimum atomic E-state index is -3.41. The minimum Gasteiger partial charge on any atom is -0.326 e. The van der Waals surface area contributed by atoms with Crippen LogP contribution in [0.15, 0.2) is 11.0 Å². The van der Waals surface area contributed by atoms with Gasteiger partial charge in [-0.25, -0.2) is 13.1 Å². The maximum atomic E-state index is 12.2. The first-order chi connectivity index (χ1) is 8.40. The van der Waals surface area contributed by atoms with E-state index in [-0.39, 0.29) is 6.04 Å². The molecule has 104 valence electrons. The Hall–Kier alpha value is -0.430. The van der Waals surface area contributed by atoms with E-state index in [1.165, 1.54) is 11.3 Å². The molecule has 1 aromatic heterocycles. The molecule has 0 fully saturated rings. The van der Waals surface area contributed by atoms with Crippen LogP contribution in [0.25, 0.3) is 0 Å². The van der Waals surface area contributed by atoms with Crippen molar-refractivity contribution in [1.82, 2.24) is 4.72 Å². The van der Waals surface area contributed by atoms with Crippen molar-refractivity contribution in [3.05, 3.63) is 15.8 Å². The van der Waals surface area contributed by atoms with E-state index >= 15 is 0 Å². The first kappa shape index (κ1) is 15.6. The van der Waals surface area contributed by atoms with Crippen LogP contribution in [0.4, 0.5) is 0 Å². The van der Waals surface area contributed by atoms with Gasteiger partial charge in [-0.2, -0.15) is 0 Å². The number of hydrogen-bond donors (Lipinski definition) is 2. The quantitative estimate of drug-likeness (QED) is 0.810. The van der Waals surface area contributed by atoms with Crippen LogP contribution in [0.3, 0.4) is 0 Å². The molecule has 18 heavy (non-hydrogen) atoms. The Morgan fingerprint density at radius 3 is 2.67 bits per heavy atom. The van der Waals surface area contributed by atoms with Crippen LogP contribution >= 0.6 is 11.3 Å². The van der Waals surface area contributed by atoms with Crippen LogP contribution in [-0.4, -0.2) is 14.5 Å². The molecular formula is C12H22N2O2S2. The first-order valence-electron chi connectivity index (χ1n) is 6.22. The Labute approximate surface area is 114 Å². The van der Waals surface area contributed by atoms with Gasteiger partial charge in [-0.3, -0.25) is 0 Å². The van der Waals surface area contributed by atoms with Crippen molar-refractivity contribution >= 4 is 21.4 Å². The summed E-state index contributed by atoms with van der Waals surface area (Å²) in [5.41, 5.74) is 5.54. The van der Waals surface area contributed by atoms with Gasteiger partial charge in [-0.05, 0) is 26.3 Å². The number of aryl methyl sites for hydroxylation is 1. The molecule has 1 atom stereocenters. The van der Waals surface area contributed by atoms with Gasteiger partial charge in [0.1, 0.15) is 0 Å². The van der Waals surface area contributed by atoms with Gasteiger partial charge in [0.05, 0.1) is 4.90 Å². The molecule has 3 N–H and O–H groups in total. The summed E-state index contributed by atoms with van der Waals surface area (Å²) in [5.74, 6) is 0. The minimum absolute atomic E-state index is 0.0319. The van der Waals surface area contributed by atoms with Crippen LogP contribution in [-0.2, 0) is 16.6 Å². The fraction of sp³-hybridized carbons (Fsp3) is 0.667. The Morgan fingerprint density at radius 1 is 1.50 bits per heavy atom. The molecule has 1 aromatic rings. The van der Waals surface area contributed by atoms with Gasteiger partial charge in [-0.1, -0.05) is 19.8 Å². The van der Waals surface area contributed by atoms with Crippen LogP contribution in [0, 0.1) is 6.92 Å². The van der Waals surface area contributed by atoms with Gasteiger partial charge >= 0.3 is 0 Å². The van der Waals surface area contributed by atoms with Crippen molar-refractivity contribution in [3.8, 4) is 0 Å². The van der Waals surface area contributed by atoms with Gasteiger partial charge in [0.25, 0.3) is 0 Å². The number of hydrogen-bond acceptors (Lipinski definition) is 4. The highest BCUT2D eigenvalue weighted by molar-refractivity contribution is 7.89. The molecule has 0 bridgehead atoms. The smallest absolute Gasteiger partial charge is 0.241 e. The highest BCUT2D eigenvalue weighted by atomic mass is 32.2. The van der Waals surface area contributed by atoms with Crippen molar-refractivity contribution in [2.24, 2.45) is 5.73 Å². The zero-order valence-electron chi connectivity index (χ0n) is 11.2. The number of unbranched alkanes of at least 4 members (excludes halogenated alkanes) is 1. The lowest BCUT2D eigenvalue weighted by atomic mass is 10.2. The molecule has 1 unspecified atom stereocenters. The molecule has 0 amide bonds. The molecule has 0 saturated heterocycles. The molecular weight excluding hydrogens is 268 g/mol. The first-order valence-corrected chi connectivity index (χ1v) is 8.52. The molecule has 0 spiro atoms. The fourth-order valence-corrected chi connectivity index (χ4v) is 4.58. The van der Waals surface area contributed by atoms with Gasteiger partial charge in [0.2, 0.25) is 10.0 Å². The van der Waals surface area contributed by atoms with Gasteiger partial charge in [0, 0.05) is 22.3 Å². The lowest BCUT2D eigenvalue weighted by Crippen LogP contribution is -2.32. The summed E-state index contributed by atoms with van der Waals surface area (Å²) in [5, 5.41) is 0. The second-order valence-electron chi connectivity index (χ2n) is 4.50. The second kappa shape index (κ2) is 6.65. The third kappa shape index (κ3) is 4.05. The SMILES string of the molecule is CCCCC(C)NS(=O)(=O)c1cc(CN)sc1C. The van der Waals surface area contributed by atoms with E-state index in [4.69, 9.17) is 5.73 Å². The summed E-state index contributed by atoms with van der Waals surface area (Å²) in [7, 11) is -3.41. The summed E-state index contributed by atoms with van der Waals surface area (Å²) >= 11 is 1.44. The average molecular weight is 290 g/mol. The maximum absolute atomic E-state index is 12.2. The molecule has 0 aliphatic heterocycles. The summed E-state index contributed by atoms with van der Waals surface area (Å²) in [6, 6.07) is 1.64. The van der Waals surface area contributed by atoms with Gasteiger partial charge in [-0.15, -0.1) is 11.3 Å². The van der Waals surface area contributed by atoms with Crippen molar-refractivity contribution in [1.29, 1.82) is 0 Å². The normalized spacial score (nSPS) is 13.8. The number of sulfonamides is 1. The molecule has 1 heterocycles. The third-order valence-corrected chi connectivity index (χ3v) is 5.68. The van der Waals surface area contributed by atoms with E-state index in [1.54, 1.807) is 6.07 Å². The maximum Gasteiger partial charge on any atom is 0.241 e. The summed E-state index contributed by atoms with van der Waals surface area (Å²) < 4.78 is 27.1. The third-order valence-electron chi connectivity index (χ3n) is 2.76. The molecule has 6 heteroatoms. The van der Waals surface area contributed by atoms with E-state index in [0.717, 1.165) is 29.0 Å².